The van der Waals surface area contributed by atoms with Crippen molar-refractivity contribution >= 4 is 15.9 Å². The van der Waals surface area contributed by atoms with E-state index in [1.165, 1.54) is 0 Å². The Kier molecular flexibility index (Phi) is 3.86. The van der Waals surface area contributed by atoms with Crippen molar-refractivity contribution in [3.05, 3.63) is 40.4 Å². The fourth-order valence-corrected chi connectivity index (χ4v) is 2.27. The van der Waals surface area contributed by atoms with Gasteiger partial charge in [-0.25, -0.2) is 4.68 Å². The fraction of sp³-hybridized carbons (Fsp3) is 0.364. The fourth-order valence-electron chi connectivity index (χ4n) is 1.68. The second kappa shape index (κ2) is 5.37. The van der Waals surface area contributed by atoms with Gasteiger partial charge in [-0.1, -0.05) is 5.21 Å². The largest absolute Gasteiger partial charge is 0.387 e. The number of nitrogens with zero attached hydrogens (tertiary/aromatic N) is 4. The number of hydrogen-bond donors (Lipinski definition) is 1. The smallest absolute Gasteiger partial charge is 0.154 e. The lowest BCUT2D eigenvalue weighted by molar-refractivity contribution is 0.157. The standard InChI is InChI=1S/C11H13BrN4O/c1-16-10(11(12)14-15-16)9(17)3-2-8-4-6-13-7-5-8/h4-7,9,17H,2-3H2,1H3. The molecule has 0 aliphatic carbocycles. The van der Waals surface area contributed by atoms with Crippen LogP contribution in [0.3, 0.4) is 0 Å². The van der Waals surface area contributed by atoms with Gasteiger partial charge >= 0.3 is 0 Å². The Bertz CT molecular complexity index is 466. The van der Waals surface area contributed by atoms with Crippen LogP contribution in [-0.4, -0.2) is 25.1 Å². The molecule has 0 fully saturated rings. The number of aliphatic hydroxyl groups excluding tert-OH is 1. The molecule has 2 aromatic rings. The first-order valence-electron chi connectivity index (χ1n) is 5.30. The Morgan fingerprint density at radius 2 is 2.12 bits per heavy atom. The van der Waals surface area contributed by atoms with Gasteiger partial charge in [0.15, 0.2) is 4.60 Å². The van der Waals surface area contributed by atoms with Gasteiger partial charge in [-0.05, 0) is 46.5 Å². The first-order valence-corrected chi connectivity index (χ1v) is 6.10. The van der Waals surface area contributed by atoms with Gasteiger partial charge in [0.1, 0.15) is 5.69 Å². The third-order valence-electron chi connectivity index (χ3n) is 2.60. The van der Waals surface area contributed by atoms with E-state index in [1.807, 2.05) is 12.1 Å². The number of pyridine rings is 1. The average Bonchev–Trinajstić information content (AvgIpc) is 2.67. The topological polar surface area (TPSA) is 63.8 Å². The predicted molar refractivity (Wildman–Crippen MR) is 66.2 cm³/mol. The predicted octanol–water partition coefficient (Wildman–Crippen LogP) is 1.64. The second-order valence-corrected chi connectivity index (χ2v) is 4.55. The van der Waals surface area contributed by atoms with Crippen LogP contribution < -0.4 is 0 Å². The maximum atomic E-state index is 10.1. The first kappa shape index (κ1) is 12.2. The maximum Gasteiger partial charge on any atom is 0.154 e. The molecule has 2 aromatic heterocycles. The van der Waals surface area contributed by atoms with Gasteiger partial charge in [0, 0.05) is 19.4 Å². The third kappa shape index (κ3) is 2.89. The quantitative estimate of drug-likeness (QED) is 0.932. The molecule has 0 amide bonds. The highest BCUT2D eigenvalue weighted by Crippen LogP contribution is 2.23. The van der Waals surface area contributed by atoms with Crippen LogP contribution in [0.5, 0.6) is 0 Å². The van der Waals surface area contributed by atoms with Crippen LogP contribution in [0.4, 0.5) is 0 Å². The van der Waals surface area contributed by atoms with Crippen LogP contribution in [-0.2, 0) is 13.5 Å². The van der Waals surface area contributed by atoms with Crippen molar-refractivity contribution in [2.45, 2.75) is 18.9 Å². The number of rotatable bonds is 4. The van der Waals surface area contributed by atoms with Crippen molar-refractivity contribution in [2.24, 2.45) is 7.05 Å². The molecule has 90 valence electrons. The summed E-state index contributed by atoms with van der Waals surface area (Å²) in [6, 6.07) is 3.90. The van der Waals surface area contributed by atoms with Crippen molar-refractivity contribution in [1.82, 2.24) is 20.0 Å². The zero-order valence-corrected chi connectivity index (χ0v) is 11.0. The zero-order chi connectivity index (χ0) is 12.3. The molecule has 6 heteroatoms. The summed E-state index contributed by atoms with van der Waals surface area (Å²) in [5.74, 6) is 0. The summed E-state index contributed by atoms with van der Waals surface area (Å²) in [5, 5.41) is 17.8. The molecule has 17 heavy (non-hydrogen) atoms. The van der Waals surface area contributed by atoms with E-state index >= 15 is 0 Å². The molecule has 0 saturated heterocycles. The van der Waals surface area contributed by atoms with Crippen molar-refractivity contribution in [3.8, 4) is 0 Å². The summed E-state index contributed by atoms with van der Waals surface area (Å²) in [4.78, 5) is 3.96. The summed E-state index contributed by atoms with van der Waals surface area (Å²) in [6.45, 7) is 0. The molecule has 0 bridgehead atoms. The van der Waals surface area contributed by atoms with Crippen molar-refractivity contribution in [3.63, 3.8) is 0 Å². The molecule has 0 radical (unpaired) electrons. The summed E-state index contributed by atoms with van der Waals surface area (Å²) < 4.78 is 2.18. The normalized spacial score (nSPS) is 12.6. The molecule has 2 rings (SSSR count). The summed E-state index contributed by atoms with van der Waals surface area (Å²) in [7, 11) is 1.77. The van der Waals surface area contributed by atoms with E-state index in [4.69, 9.17) is 0 Å². The lowest BCUT2D eigenvalue weighted by atomic mass is 10.1. The number of hydrogen-bond acceptors (Lipinski definition) is 4. The van der Waals surface area contributed by atoms with Gasteiger partial charge in [-0.3, -0.25) is 4.98 Å². The van der Waals surface area contributed by atoms with E-state index in [0.29, 0.717) is 16.7 Å². The second-order valence-electron chi connectivity index (χ2n) is 3.80. The number of aryl methyl sites for hydroxylation is 2. The van der Waals surface area contributed by atoms with Gasteiger partial charge in [0.25, 0.3) is 0 Å². The SMILES string of the molecule is Cn1nnc(Br)c1C(O)CCc1ccncc1. The highest BCUT2D eigenvalue weighted by Gasteiger charge is 2.17. The lowest BCUT2D eigenvalue weighted by Gasteiger charge is -2.10. The van der Waals surface area contributed by atoms with Crippen LogP contribution in [0, 0.1) is 0 Å². The van der Waals surface area contributed by atoms with E-state index in [0.717, 1.165) is 12.0 Å². The van der Waals surface area contributed by atoms with Gasteiger partial charge in [-0.15, -0.1) is 5.10 Å². The zero-order valence-electron chi connectivity index (χ0n) is 9.41. The van der Waals surface area contributed by atoms with Crippen molar-refractivity contribution in [2.75, 3.05) is 0 Å². The van der Waals surface area contributed by atoms with E-state index in [-0.39, 0.29) is 0 Å². The summed E-state index contributed by atoms with van der Waals surface area (Å²) >= 11 is 3.28. The molecular weight excluding hydrogens is 284 g/mol. The Morgan fingerprint density at radius 1 is 1.41 bits per heavy atom. The molecule has 1 unspecified atom stereocenters. The van der Waals surface area contributed by atoms with Crippen LogP contribution in [0.2, 0.25) is 0 Å². The molecule has 1 atom stereocenters. The third-order valence-corrected chi connectivity index (χ3v) is 3.16. The van der Waals surface area contributed by atoms with Gasteiger partial charge in [-0.2, -0.15) is 0 Å². The molecule has 0 saturated carbocycles. The van der Waals surface area contributed by atoms with E-state index < -0.39 is 6.10 Å². The monoisotopic (exact) mass is 296 g/mol. The molecule has 1 N–H and O–H groups in total. The summed E-state index contributed by atoms with van der Waals surface area (Å²) in [5.41, 5.74) is 1.87. The summed E-state index contributed by atoms with van der Waals surface area (Å²) in [6.07, 6.45) is 4.36. The average molecular weight is 297 g/mol. The first-order chi connectivity index (χ1) is 8.18. The van der Waals surface area contributed by atoms with Crippen molar-refractivity contribution < 1.29 is 5.11 Å². The van der Waals surface area contributed by atoms with Crippen LogP contribution in [0.1, 0.15) is 23.8 Å². The minimum atomic E-state index is -0.572. The van der Waals surface area contributed by atoms with Crippen LogP contribution >= 0.6 is 15.9 Å². The van der Waals surface area contributed by atoms with Crippen LogP contribution in [0.15, 0.2) is 29.1 Å². The van der Waals surface area contributed by atoms with Gasteiger partial charge in [0.05, 0.1) is 6.10 Å². The van der Waals surface area contributed by atoms with Crippen molar-refractivity contribution in [1.29, 1.82) is 0 Å². The molecular formula is C11H13BrN4O. The van der Waals surface area contributed by atoms with Gasteiger partial charge in [0.2, 0.25) is 0 Å². The Balaban J connectivity index is 2.01. The number of aromatic nitrogens is 4. The van der Waals surface area contributed by atoms with E-state index in [1.54, 1.807) is 24.1 Å². The molecule has 0 aliphatic rings. The highest BCUT2D eigenvalue weighted by atomic mass is 79.9. The molecule has 0 aliphatic heterocycles. The Morgan fingerprint density at radius 3 is 2.71 bits per heavy atom. The lowest BCUT2D eigenvalue weighted by Crippen LogP contribution is -2.07. The maximum absolute atomic E-state index is 10.1. The van der Waals surface area contributed by atoms with Crippen LogP contribution in [0.25, 0.3) is 0 Å². The van der Waals surface area contributed by atoms with Gasteiger partial charge < -0.3 is 5.11 Å². The Labute approximate surface area is 108 Å². The molecule has 2 heterocycles. The minimum Gasteiger partial charge on any atom is -0.387 e. The molecule has 0 aromatic carbocycles. The highest BCUT2D eigenvalue weighted by molar-refractivity contribution is 9.10. The number of aliphatic hydroxyl groups is 1. The van der Waals surface area contributed by atoms with E-state index in [2.05, 4.69) is 31.2 Å². The minimum absolute atomic E-state index is 0.572. The molecule has 0 spiro atoms. The van der Waals surface area contributed by atoms with E-state index in [9.17, 15) is 5.11 Å². The Hall–Kier alpha value is -1.27. The molecule has 5 nitrogen and oxygen atoms in total. The number of halogens is 1.